The van der Waals surface area contributed by atoms with Crippen LogP contribution in [0.4, 0.5) is 9.18 Å². The molecule has 2 aromatic heterocycles. The van der Waals surface area contributed by atoms with Gasteiger partial charge in [0.05, 0.1) is 5.69 Å². The molecule has 176 valence electrons. The SMILES string of the molecule is CC(C)c1nn(-c2noc(C[C@H]3CCN(C[C@H]4CCCN4C(=O)O)C3)n2)c2c(F)cccc12. The van der Waals surface area contributed by atoms with Gasteiger partial charge in [-0.05, 0) is 48.9 Å². The van der Waals surface area contributed by atoms with E-state index in [0.29, 0.717) is 30.3 Å². The fourth-order valence-corrected chi connectivity index (χ4v) is 5.20. The Bertz CT molecular complexity index is 1160. The van der Waals surface area contributed by atoms with Crippen LogP contribution in [0.2, 0.25) is 0 Å². The Morgan fingerprint density at radius 1 is 1.30 bits per heavy atom. The first-order valence-corrected chi connectivity index (χ1v) is 11.6. The maximum atomic E-state index is 14.6. The summed E-state index contributed by atoms with van der Waals surface area (Å²) in [6.45, 7) is 7.25. The summed E-state index contributed by atoms with van der Waals surface area (Å²) in [5.74, 6) is 0.867. The number of nitrogens with zero attached hydrogens (tertiary/aromatic N) is 6. The summed E-state index contributed by atoms with van der Waals surface area (Å²) >= 11 is 0. The zero-order valence-corrected chi connectivity index (χ0v) is 18.9. The van der Waals surface area contributed by atoms with Crippen molar-refractivity contribution in [2.45, 2.75) is 51.5 Å². The first-order chi connectivity index (χ1) is 15.9. The van der Waals surface area contributed by atoms with Crippen LogP contribution in [-0.2, 0) is 6.42 Å². The molecule has 5 rings (SSSR count). The number of rotatable bonds is 6. The summed E-state index contributed by atoms with van der Waals surface area (Å²) in [7, 11) is 0. The number of carboxylic acid groups (broad SMARTS) is 1. The molecular weight excluding hydrogens is 427 g/mol. The molecule has 0 saturated carbocycles. The van der Waals surface area contributed by atoms with Gasteiger partial charge in [-0.1, -0.05) is 26.0 Å². The average Bonchev–Trinajstić information content (AvgIpc) is 3.54. The lowest BCUT2D eigenvalue weighted by Gasteiger charge is -2.26. The second-order valence-electron chi connectivity index (χ2n) is 9.47. The fraction of sp³-hybridized carbons (Fsp3) is 0.565. The number of amides is 1. The fourth-order valence-electron chi connectivity index (χ4n) is 5.20. The van der Waals surface area contributed by atoms with E-state index in [1.54, 1.807) is 11.0 Å². The van der Waals surface area contributed by atoms with Gasteiger partial charge in [-0.3, -0.25) is 0 Å². The molecule has 10 heteroatoms. The standard InChI is InChI=1S/C23H29FN6O3/c1-14(2)20-17-6-3-7-18(24)21(17)30(26-20)22-25-19(33-27-22)11-15-8-10-28(12-15)13-16-5-4-9-29(16)23(31)32/h3,6-7,14-16H,4-5,8-13H2,1-2H3,(H,31,32)/t15-,16-/m1/s1. The minimum atomic E-state index is -0.824. The molecule has 1 aromatic carbocycles. The molecule has 9 nitrogen and oxygen atoms in total. The second-order valence-corrected chi connectivity index (χ2v) is 9.47. The van der Waals surface area contributed by atoms with Gasteiger partial charge in [-0.15, -0.1) is 0 Å². The molecule has 2 aliphatic heterocycles. The van der Waals surface area contributed by atoms with Gasteiger partial charge >= 0.3 is 6.09 Å². The van der Waals surface area contributed by atoms with Gasteiger partial charge in [0.15, 0.2) is 0 Å². The number of halogens is 1. The molecule has 2 atom stereocenters. The van der Waals surface area contributed by atoms with E-state index < -0.39 is 6.09 Å². The van der Waals surface area contributed by atoms with Crippen LogP contribution in [0.25, 0.3) is 16.9 Å². The van der Waals surface area contributed by atoms with Crippen LogP contribution in [0.3, 0.4) is 0 Å². The third-order valence-corrected chi connectivity index (χ3v) is 6.80. The summed E-state index contributed by atoms with van der Waals surface area (Å²) in [5.41, 5.74) is 1.16. The van der Waals surface area contributed by atoms with E-state index in [0.717, 1.165) is 50.0 Å². The van der Waals surface area contributed by atoms with Crippen molar-refractivity contribution in [1.82, 2.24) is 29.7 Å². The summed E-state index contributed by atoms with van der Waals surface area (Å²) < 4.78 is 21.6. The molecular formula is C23H29FN6O3. The van der Waals surface area contributed by atoms with E-state index in [2.05, 4.69) is 20.1 Å². The smallest absolute Gasteiger partial charge is 0.407 e. The molecule has 4 heterocycles. The summed E-state index contributed by atoms with van der Waals surface area (Å²) in [4.78, 5) is 19.8. The Morgan fingerprint density at radius 3 is 2.94 bits per heavy atom. The van der Waals surface area contributed by atoms with Crippen LogP contribution in [0, 0.1) is 11.7 Å². The number of hydrogen-bond acceptors (Lipinski definition) is 6. The summed E-state index contributed by atoms with van der Waals surface area (Å²) in [5, 5.41) is 18.8. The number of aromatic nitrogens is 4. The molecule has 3 aromatic rings. The van der Waals surface area contributed by atoms with Crippen molar-refractivity contribution in [3.8, 4) is 5.95 Å². The van der Waals surface area contributed by atoms with E-state index in [4.69, 9.17) is 4.52 Å². The van der Waals surface area contributed by atoms with E-state index in [9.17, 15) is 14.3 Å². The van der Waals surface area contributed by atoms with Crippen LogP contribution in [-0.4, -0.2) is 73.1 Å². The number of benzene rings is 1. The molecule has 0 radical (unpaired) electrons. The van der Waals surface area contributed by atoms with Crippen LogP contribution in [0.15, 0.2) is 22.7 Å². The van der Waals surface area contributed by atoms with Crippen molar-refractivity contribution in [2.24, 2.45) is 5.92 Å². The topological polar surface area (TPSA) is 101 Å². The van der Waals surface area contributed by atoms with Gasteiger partial charge in [0, 0.05) is 37.5 Å². The largest absolute Gasteiger partial charge is 0.465 e. The first-order valence-electron chi connectivity index (χ1n) is 11.6. The highest BCUT2D eigenvalue weighted by atomic mass is 19.1. The van der Waals surface area contributed by atoms with Gasteiger partial charge in [0.1, 0.15) is 11.3 Å². The van der Waals surface area contributed by atoms with E-state index in [-0.39, 0.29) is 23.7 Å². The third kappa shape index (κ3) is 4.19. The zero-order valence-electron chi connectivity index (χ0n) is 18.9. The highest BCUT2D eigenvalue weighted by Crippen LogP contribution is 2.29. The van der Waals surface area contributed by atoms with Crippen molar-refractivity contribution in [3.63, 3.8) is 0 Å². The van der Waals surface area contributed by atoms with Crippen LogP contribution < -0.4 is 0 Å². The minimum Gasteiger partial charge on any atom is -0.465 e. The van der Waals surface area contributed by atoms with E-state index in [1.807, 2.05) is 19.9 Å². The van der Waals surface area contributed by atoms with Gasteiger partial charge in [0.25, 0.3) is 5.95 Å². The molecule has 33 heavy (non-hydrogen) atoms. The van der Waals surface area contributed by atoms with Crippen molar-refractivity contribution in [2.75, 3.05) is 26.2 Å². The van der Waals surface area contributed by atoms with Crippen molar-refractivity contribution >= 4 is 17.0 Å². The second kappa shape index (κ2) is 8.74. The highest BCUT2D eigenvalue weighted by Gasteiger charge is 2.33. The first kappa shape index (κ1) is 21.8. The summed E-state index contributed by atoms with van der Waals surface area (Å²) in [6, 6.07) is 5.04. The number of hydrogen-bond donors (Lipinski definition) is 1. The minimum absolute atomic E-state index is 0.0782. The number of carbonyl (C=O) groups is 1. The van der Waals surface area contributed by atoms with Crippen molar-refractivity contribution < 1.29 is 18.8 Å². The molecule has 2 aliphatic rings. The Labute approximate surface area is 191 Å². The average molecular weight is 457 g/mol. The lowest BCUT2D eigenvalue weighted by atomic mass is 10.1. The van der Waals surface area contributed by atoms with Gasteiger partial charge in [0.2, 0.25) is 5.89 Å². The molecule has 0 unspecified atom stereocenters. The number of likely N-dealkylation sites (tertiary alicyclic amines) is 2. The Hall–Kier alpha value is -3.01. The number of para-hydroxylation sites is 1. The molecule has 0 aliphatic carbocycles. The maximum Gasteiger partial charge on any atom is 0.407 e. The van der Waals surface area contributed by atoms with E-state index in [1.165, 1.54) is 10.7 Å². The van der Waals surface area contributed by atoms with Crippen LogP contribution in [0.5, 0.6) is 0 Å². The third-order valence-electron chi connectivity index (χ3n) is 6.80. The zero-order chi connectivity index (χ0) is 23.1. The van der Waals surface area contributed by atoms with Gasteiger partial charge < -0.3 is 19.4 Å². The Balaban J connectivity index is 1.27. The molecule has 2 saturated heterocycles. The molecule has 1 N–H and O–H groups in total. The van der Waals surface area contributed by atoms with Crippen molar-refractivity contribution in [1.29, 1.82) is 0 Å². The Kier molecular flexibility index (Phi) is 5.77. The molecule has 0 bridgehead atoms. The lowest BCUT2D eigenvalue weighted by molar-refractivity contribution is 0.128. The monoisotopic (exact) mass is 456 g/mol. The quantitative estimate of drug-likeness (QED) is 0.604. The molecule has 2 fully saturated rings. The predicted molar refractivity (Wildman–Crippen MR) is 119 cm³/mol. The normalized spacial score (nSPS) is 21.6. The molecule has 1 amide bonds. The number of fused-ring (bicyclic) bond motifs is 1. The van der Waals surface area contributed by atoms with Gasteiger partial charge in [-0.2, -0.15) is 14.8 Å². The Morgan fingerprint density at radius 2 is 2.15 bits per heavy atom. The summed E-state index contributed by atoms with van der Waals surface area (Å²) in [6.07, 6.45) is 2.66. The predicted octanol–water partition coefficient (Wildman–Crippen LogP) is 3.68. The molecule has 0 spiro atoms. The lowest BCUT2D eigenvalue weighted by Crippen LogP contribution is -2.42. The van der Waals surface area contributed by atoms with Crippen LogP contribution >= 0.6 is 0 Å². The van der Waals surface area contributed by atoms with Crippen molar-refractivity contribution in [3.05, 3.63) is 35.6 Å². The highest BCUT2D eigenvalue weighted by molar-refractivity contribution is 5.84. The van der Waals surface area contributed by atoms with Gasteiger partial charge in [-0.25, -0.2) is 9.18 Å². The van der Waals surface area contributed by atoms with Crippen LogP contribution in [0.1, 0.15) is 50.6 Å². The maximum absolute atomic E-state index is 14.6. The van der Waals surface area contributed by atoms with E-state index >= 15 is 0 Å².